The van der Waals surface area contributed by atoms with Crippen LogP contribution < -0.4 is 4.18 Å². The zero-order valence-electron chi connectivity index (χ0n) is 6.33. The first-order chi connectivity index (χ1) is 5.36. The van der Waals surface area contributed by atoms with Crippen LogP contribution in [0.1, 0.15) is 12.5 Å². The molecule has 0 aromatic heterocycles. The van der Waals surface area contributed by atoms with Crippen LogP contribution in [-0.4, -0.2) is 5.25 Å². The summed E-state index contributed by atoms with van der Waals surface area (Å²) in [7, 11) is 0. The van der Waals surface area contributed by atoms with Gasteiger partial charge in [-0.1, -0.05) is 18.2 Å². The molecule has 0 bridgehead atoms. The molecule has 11 heavy (non-hydrogen) atoms. The average Bonchev–Trinajstić information content (AvgIpc) is 2.04. The molecule has 1 aliphatic rings. The number of para-hydroxylation sites is 1. The van der Waals surface area contributed by atoms with Crippen LogP contribution in [0.15, 0.2) is 18.2 Å². The summed E-state index contributed by atoms with van der Waals surface area (Å²) in [5.74, 6) is 0.913. The molecule has 0 amide bonds. The summed E-state index contributed by atoms with van der Waals surface area (Å²) < 4.78 is 5.40. The van der Waals surface area contributed by atoms with E-state index in [1.165, 1.54) is 17.6 Å². The van der Waals surface area contributed by atoms with E-state index in [0.717, 1.165) is 12.2 Å². The minimum Gasteiger partial charge on any atom is -0.425 e. The summed E-state index contributed by atoms with van der Waals surface area (Å²) in [6.07, 6.45) is 1.09. The maximum atomic E-state index is 5.40. The molecule has 1 radical (unpaired) electrons. The van der Waals surface area contributed by atoms with E-state index >= 15 is 0 Å². The predicted molar refractivity (Wildman–Crippen MR) is 46.7 cm³/mol. The molecule has 57 valence electrons. The number of fused-ring (bicyclic) bond motifs is 1. The molecule has 2 rings (SSSR count). The van der Waals surface area contributed by atoms with Gasteiger partial charge in [0.15, 0.2) is 0 Å². The molecule has 0 fully saturated rings. The largest absolute Gasteiger partial charge is 0.425 e. The number of hydrogen-bond donors (Lipinski definition) is 0. The summed E-state index contributed by atoms with van der Waals surface area (Å²) in [4.78, 5) is 0. The highest BCUT2D eigenvalue weighted by Gasteiger charge is 2.16. The molecule has 1 atom stereocenters. The van der Waals surface area contributed by atoms with E-state index in [-0.39, 0.29) is 0 Å². The van der Waals surface area contributed by atoms with Crippen LogP contribution in [0.5, 0.6) is 5.75 Å². The second-order valence-corrected chi connectivity index (χ2v) is 3.88. The van der Waals surface area contributed by atoms with Crippen molar-refractivity contribution in [2.75, 3.05) is 0 Å². The summed E-state index contributed by atoms with van der Waals surface area (Å²) >= 11 is 1.53. The first-order valence-corrected chi connectivity index (χ1v) is 4.49. The normalized spacial score (nSPS) is 22.1. The van der Waals surface area contributed by atoms with Gasteiger partial charge in [0.25, 0.3) is 0 Å². The van der Waals surface area contributed by atoms with E-state index in [1.54, 1.807) is 0 Å². The Morgan fingerprint density at radius 1 is 1.73 bits per heavy atom. The lowest BCUT2D eigenvalue weighted by Gasteiger charge is -2.19. The average molecular weight is 165 g/mol. The first kappa shape index (κ1) is 7.04. The second-order valence-electron chi connectivity index (χ2n) is 2.72. The lowest BCUT2D eigenvalue weighted by atomic mass is 10.1. The van der Waals surface area contributed by atoms with Gasteiger partial charge in [-0.3, -0.25) is 0 Å². The van der Waals surface area contributed by atoms with Crippen LogP contribution in [0.25, 0.3) is 0 Å². The standard InChI is InChI=1S/C9H9OS/c1-7-6-8-4-2-3-5-9(8)10-11-7/h2-4,7H,6H2,1H3. The third kappa shape index (κ3) is 1.36. The molecule has 0 saturated carbocycles. The van der Waals surface area contributed by atoms with Gasteiger partial charge >= 0.3 is 0 Å². The predicted octanol–water partition coefficient (Wildman–Crippen LogP) is 2.46. The second kappa shape index (κ2) is 2.78. The van der Waals surface area contributed by atoms with Crippen LogP contribution >= 0.6 is 12.0 Å². The van der Waals surface area contributed by atoms with Gasteiger partial charge in [0.2, 0.25) is 0 Å². The monoisotopic (exact) mass is 165 g/mol. The zero-order valence-corrected chi connectivity index (χ0v) is 7.15. The Balaban J connectivity index is 2.34. The zero-order chi connectivity index (χ0) is 7.68. The van der Waals surface area contributed by atoms with E-state index < -0.39 is 0 Å². The van der Waals surface area contributed by atoms with Gasteiger partial charge in [-0.05, 0) is 18.9 Å². The molecule has 0 aliphatic carbocycles. The molecule has 1 nitrogen and oxygen atoms in total. The lowest BCUT2D eigenvalue weighted by molar-refractivity contribution is 0.600. The van der Waals surface area contributed by atoms with Crippen LogP contribution in [0.2, 0.25) is 0 Å². The minimum absolute atomic E-state index is 0.568. The summed E-state index contributed by atoms with van der Waals surface area (Å²) in [5.41, 5.74) is 1.28. The van der Waals surface area contributed by atoms with E-state index in [9.17, 15) is 0 Å². The fraction of sp³-hybridized carbons (Fsp3) is 0.333. The smallest absolute Gasteiger partial charge is 0.148 e. The Hall–Kier alpha value is -0.630. The maximum Gasteiger partial charge on any atom is 0.148 e. The van der Waals surface area contributed by atoms with Gasteiger partial charge in [0.1, 0.15) is 5.75 Å². The Kier molecular flexibility index (Phi) is 1.78. The lowest BCUT2D eigenvalue weighted by Crippen LogP contribution is -2.10. The van der Waals surface area contributed by atoms with Crippen molar-refractivity contribution in [2.24, 2.45) is 0 Å². The van der Waals surface area contributed by atoms with E-state index in [0.29, 0.717) is 5.25 Å². The van der Waals surface area contributed by atoms with Crippen molar-refractivity contribution < 1.29 is 4.18 Å². The highest BCUT2D eigenvalue weighted by Crippen LogP contribution is 2.31. The van der Waals surface area contributed by atoms with E-state index in [4.69, 9.17) is 4.18 Å². The Morgan fingerprint density at radius 2 is 2.64 bits per heavy atom. The fourth-order valence-electron chi connectivity index (χ4n) is 1.17. The van der Waals surface area contributed by atoms with Crippen molar-refractivity contribution in [3.8, 4) is 5.75 Å². The van der Waals surface area contributed by atoms with Crippen LogP contribution in [0.4, 0.5) is 0 Å². The Labute approximate surface area is 71.0 Å². The molecule has 1 heterocycles. The van der Waals surface area contributed by atoms with Gasteiger partial charge < -0.3 is 4.18 Å². The van der Waals surface area contributed by atoms with Crippen molar-refractivity contribution in [2.45, 2.75) is 18.6 Å². The van der Waals surface area contributed by atoms with Crippen LogP contribution in [0.3, 0.4) is 0 Å². The van der Waals surface area contributed by atoms with Gasteiger partial charge in [-0.15, -0.1) is 0 Å². The summed E-state index contributed by atoms with van der Waals surface area (Å²) in [5, 5.41) is 0.568. The quantitative estimate of drug-likeness (QED) is 0.546. The van der Waals surface area contributed by atoms with Crippen molar-refractivity contribution >= 4 is 12.0 Å². The Bertz CT molecular complexity index is 259. The van der Waals surface area contributed by atoms with Crippen molar-refractivity contribution in [1.82, 2.24) is 0 Å². The third-order valence-electron chi connectivity index (χ3n) is 1.70. The SMILES string of the molecule is CC1Cc2ccc[c]c2OS1. The molecular weight excluding hydrogens is 156 g/mol. The molecule has 1 aromatic rings. The van der Waals surface area contributed by atoms with Gasteiger partial charge in [-0.2, -0.15) is 0 Å². The highest BCUT2D eigenvalue weighted by molar-refractivity contribution is 7.95. The fourth-order valence-corrected chi connectivity index (χ4v) is 1.83. The maximum absolute atomic E-state index is 5.40. The summed E-state index contributed by atoms with van der Waals surface area (Å²) in [6.45, 7) is 2.17. The Morgan fingerprint density at radius 3 is 3.55 bits per heavy atom. The number of rotatable bonds is 0. The molecule has 1 aliphatic heterocycles. The van der Waals surface area contributed by atoms with Crippen molar-refractivity contribution in [3.05, 3.63) is 29.8 Å². The minimum atomic E-state index is 0.568. The van der Waals surface area contributed by atoms with Crippen LogP contribution in [0, 0.1) is 6.07 Å². The topological polar surface area (TPSA) is 9.23 Å². The third-order valence-corrected chi connectivity index (χ3v) is 2.46. The first-order valence-electron chi connectivity index (χ1n) is 3.69. The van der Waals surface area contributed by atoms with Gasteiger partial charge in [-0.25, -0.2) is 0 Å². The number of hydrogen-bond acceptors (Lipinski definition) is 2. The molecule has 2 heteroatoms. The molecule has 1 aromatic carbocycles. The molecule has 0 N–H and O–H groups in total. The molecule has 1 unspecified atom stereocenters. The van der Waals surface area contributed by atoms with E-state index in [2.05, 4.69) is 19.1 Å². The van der Waals surface area contributed by atoms with Crippen molar-refractivity contribution in [3.63, 3.8) is 0 Å². The van der Waals surface area contributed by atoms with Gasteiger partial charge in [0, 0.05) is 11.3 Å². The summed E-state index contributed by atoms with van der Waals surface area (Å²) in [6, 6.07) is 9.05. The molecule has 0 saturated heterocycles. The van der Waals surface area contributed by atoms with E-state index in [1.807, 2.05) is 12.1 Å². The van der Waals surface area contributed by atoms with Gasteiger partial charge in [0.05, 0.1) is 12.0 Å². The highest BCUT2D eigenvalue weighted by atomic mass is 32.2. The van der Waals surface area contributed by atoms with Crippen LogP contribution in [-0.2, 0) is 6.42 Å². The molecular formula is C9H9OS. The van der Waals surface area contributed by atoms with Crippen molar-refractivity contribution in [1.29, 1.82) is 0 Å². The molecule has 0 spiro atoms. The number of benzene rings is 1.